The van der Waals surface area contributed by atoms with Gasteiger partial charge in [0.2, 0.25) is 5.91 Å². The van der Waals surface area contributed by atoms with E-state index < -0.39 is 21.5 Å². The number of nitrogens with zero attached hydrogens (tertiary/aromatic N) is 1. The van der Waals surface area contributed by atoms with Crippen molar-refractivity contribution in [2.75, 3.05) is 23.9 Å². The molecular weight excluding hydrogens is 256 g/mol. The second-order valence-corrected chi connectivity index (χ2v) is 5.73. The van der Waals surface area contributed by atoms with Gasteiger partial charge in [-0.2, -0.15) is 5.26 Å². The van der Waals surface area contributed by atoms with Crippen molar-refractivity contribution < 1.29 is 17.9 Å². The summed E-state index contributed by atoms with van der Waals surface area (Å²) in [6.45, 7) is -0.0558. The van der Waals surface area contributed by atoms with Gasteiger partial charge in [0.05, 0.1) is 0 Å². The number of hydrogen-bond acceptors (Lipinski definition) is 5. The minimum absolute atomic E-state index is 0.0558. The van der Waals surface area contributed by atoms with E-state index in [0.717, 1.165) is 6.26 Å². The van der Waals surface area contributed by atoms with E-state index in [1.165, 1.54) is 0 Å². The first kappa shape index (κ1) is 14.0. The van der Waals surface area contributed by atoms with Gasteiger partial charge >= 0.3 is 0 Å². The maximum atomic E-state index is 11.3. The van der Waals surface area contributed by atoms with Crippen LogP contribution in [0.3, 0.4) is 0 Å². The van der Waals surface area contributed by atoms with Crippen molar-refractivity contribution in [1.82, 2.24) is 0 Å². The fraction of sp³-hybridized carbons (Fsp3) is 0.273. The maximum absolute atomic E-state index is 11.3. The molecule has 6 nitrogen and oxygen atoms in total. The summed E-state index contributed by atoms with van der Waals surface area (Å²) in [5.41, 5.74) is 0.466. The van der Waals surface area contributed by atoms with Crippen molar-refractivity contribution in [1.29, 1.82) is 5.26 Å². The predicted molar refractivity (Wildman–Crippen MR) is 65.9 cm³/mol. The van der Waals surface area contributed by atoms with E-state index in [9.17, 15) is 13.2 Å². The number of nitrogens with one attached hydrogen (secondary N) is 1. The first-order valence-electron chi connectivity index (χ1n) is 4.98. The highest BCUT2D eigenvalue weighted by Gasteiger charge is 2.10. The lowest BCUT2D eigenvalue weighted by Gasteiger charge is -2.06. The predicted octanol–water partition coefficient (Wildman–Crippen LogP) is 0.572. The van der Waals surface area contributed by atoms with Crippen LogP contribution < -0.4 is 10.1 Å². The van der Waals surface area contributed by atoms with Crippen molar-refractivity contribution in [2.45, 2.75) is 0 Å². The molecule has 0 atom stereocenters. The lowest BCUT2D eigenvalue weighted by Crippen LogP contribution is -2.21. The molecule has 0 spiro atoms. The first-order chi connectivity index (χ1) is 8.40. The third-order valence-corrected chi connectivity index (χ3v) is 2.62. The number of hydrogen-bond donors (Lipinski definition) is 1. The van der Waals surface area contributed by atoms with E-state index in [2.05, 4.69) is 5.32 Å². The Bertz CT molecular complexity index is 558. The average Bonchev–Trinajstić information content (AvgIpc) is 2.25. The zero-order valence-corrected chi connectivity index (χ0v) is 10.5. The summed E-state index contributed by atoms with van der Waals surface area (Å²) in [6, 6.07) is 8.11. The molecule has 0 radical (unpaired) electrons. The summed E-state index contributed by atoms with van der Waals surface area (Å²) in [6.07, 6.45) is 0.991. The number of ether oxygens (including phenoxy) is 1. The third-order valence-electron chi connectivity index (χ3n) is 1.83. The second kappa shape index (κ2) is 6.02. The monoisotopic (exact) mass is 268 g/mol. The Kier molecular flexibility index (Phi) is 4.68. The van der Waals surface area contributed by atoms with E-state index in [-0.39, 0.29) is 6.61 Å². The van der Waals surface area contributed by atoms with Crippen LogP contribution in [0.15, 0.2) is 24.3 Å². The standard InChI is InChI=1S/C11H12N2O4S/c1-18(15,16)8-11(14)13-9-2-4-10(5-3-9)17-7-6-12/h2-5H,7-8H2,1H3,(H,13,14). The molecule has 0 bridgehead atoms. The Labute approximate surface area is 105 Å². The van der Waals surface area contributed by atoms with Crippen LogP contribution in [-0.2, 0) is 14.6 Å². The normalized spacial score (nSPS) is 10.4. The van der Waals surface area contributed by atoms with Crippen LogP contribution in [0.2, 0.25) is 0 Å². The Morgan fingerprint density at radius 3 is 2.50 bits per heavy atom. The lowest BCUT2D eigenvalue weighted by molar-refractivity contribution is -0.113. The molecule has 0 aliphatic rings. The van der Waals surface area contributed by atoms with Gasteiger partial charge in [-0.05, 0) is 24.3 Å². The number of rotatable bonds is 5. The molecular formula is C11H12N2O4S. The molecule has 0 saturated heterocycles. The number of benzene rings is 1. The minimum Gasteiger partial charge on any atom is -0.479 e. The van der Waals surface area contributed by atoms with Crippen LogP contribution in [0.25, 0.3) is 0 Å². The Hall–Kier alpha value is -2.07. The zero-order chi connectivity index (χ0) is 13.6. The molecule has 0 aliphatic heterocycles. The fourth-order valence-corrected chi connectivity index (χ4v) is 1.73. The molecule has 0 aliphatic carbocycles. The number of nitriles is 1. The third kappa shape index (κ3) is 5.32. The molecule has 96 valence electrons. The number of carbonyl (C=O) groups excluding carboxylic acids is 1. The fourth-order valence-electron chi connectivity index (χ4n) is 1.19. The molecule has 0 saturated carbocycles. The van der Waals surface area contributed by atoms with Crippen LogP contribution in [-0.4, -0.2) is 32.9 Å². The van der Waals surface area contributed by atoms with Crippen molar-refractivity contribution in [3.05, 3.63) is 24.3 Å². The molecule has 1 aromatic carbocycles. The van der Waals surface area contributed by atoms with E-state index in [1.807, 2.05) is 6.07 Å². The van der Waals surface area contributed by atoms with Crippen molar-refractivity contribution in [3.8, 4) is 11.8 Å². The Morgan fingerprint density at radius 2 is 2.00 bits per heavy atom. The molecule has 1 aromatic rings. The van der Waals surface area contributed by atoms with Gasteiger partial charge in [0.15, 0.2) is 16.4 Å². The molecule has 1 N–H and O–H groups in total. The van der Waals surface area contributed by atoms with E-state index in [4.69, 9.17) is 10.00 Å². The second-order valence-electron chi connectivity index (χ2n) is 3.59. The van der Waals surface area contributed by atoms with Crippen molar-refractivity contribution in [2.24, 2.45) is 0 Å². The summed E-state index contributed by atoms with van der Waals surface area (Å²) >= 11 is 0. The summed E-state index contributed by atoms with van der Waals surface area (Å²) in [5.74, 6) is -0.652. The number of amides is 1. The van der Waals surface area contributed by atoms with Gasteiger partial charge in [0.25, 0.3) is 0 Å². The SMILES string of the molecule is CS(=O)(=O)CC(=O)Nc1ccc(OCC#N)cc1. The van der Waals surface area contributed by atoms with Gasteiger partial charge in [-0.15, -0.1) is 0 Å². The van der Waals surface area contributed by atoms with Gasteiger partial charge in [-0.3, -0.25) is 4.79 Å². The van der Waals surface area contributed by atoms with E-state index >= 15 is 0 Å². The van der Waals surface area contributed by atoms with Crippen LogP contribution in [0.1, 0.15) is 0 Å². The van der Waals surface area contributed by atoms with E-state index in [0.29, 0.717) is 11.4 Å². The van der Waals surface area contributed by atoms with Gasteiger partial charge in [-0.1, -0.05) is 0 Å². The Balaban J connectivity index is 2.59. The van der Waals surface area contributed by atoms with Gasteiger partial charge in [-0.25, -0.2) is 8.42 Å². The molecule has 0 heterocycles. The highest BCUT2D eigenvalue weighted by Crippen LogP contribution is 2.15. The summed E-state index contributed by atoms with van der Waals surface area (Å²) in [7, 11) is -3.34. The van der Waals surface area contributed by atoms with Gasteiger partial charge in [0.1, 0.15) is 17.6 Å². The smallest absolute Gasteiger partial charge is 0.239 e. The molecule has 0 aromatic heterocycles. The van der Waals surface area contributed by atoms with Crippen LogP contribution in [0, 0.1) is 11.3 Å². The summed E-state index contributed by atoms with van der Waals surface area (Å²) in [4.78, 5) is 11.3. The Morgan fingerprint density at radius 1 is 1.39 bits per heavy atom. The molecule has 0 unspecified atom stereocenters. The average molecular weight is 268 g/mol. The molecule has 1 amide bonds. The van der Waals surface area contributed by atoms with E-state index in [1.54, 1.807) is 24.3 Å². The van der Waals surface area contributed by atoms with Crippen LogP contribution >= 0.6 is 0 Å². The highest BCUT2D eigenvalue weighted by atomic mass is 32.2. The minimum atomic E-state index is -3.34. The quantitative estimate of drug-likeness (QED) is 0.842. The van der Waals surface area contributed by atoms with Crippen LogP contribution in [0.5, 0.6) is 5.75 Å². The summed E-state index contributed by atoms with van der Waals surface area (Å²) < 4.78 is 26.8. The molecule has 1 rings (SSSR count). The van der Waals surface area contributed by atoms with Crippen LogP contribution in [0.4, 0.5) is 5.69 Å². The number of carbonyl (C=O) groups is 1. The van der Waals surface area contributed by atoms with Crippen molar-refractivity contribution in [3.63, 3.8) is 0 Å². The topological polar surface area (TPSA) is 96.3 Å². The summed E-state index contributed by atoms with van der Waals surface area (Å²) in [5, 5.41) is 10.8. The first-order valence-corrected chi connectivity index (χ1v) is 7.04. The molecule has 18 heavy (non-hydrogen) atoms. The molecule has 7 heteroatoms. The van der Waals surface area contributed by atoms with Crippen molar-refractivity contribution >= 4 is 21.4 Å². The molecule has 0 fully saturated rings. The van der Waals surface area contributed by atoms with Gasteiger partial charge < -0.3 is 10.1 Å². The number of anilines is 1. The number of sulfone groups is 1. The maximum Gasteiger partial charge on any atom is 0.239 e. The lowest BCUT2D eigenvalue weighted by atomic mass is 10.3. The largest absolute Gasteiger partial charge is 0.479 e. The zero-order valence-electron chi connectivity index (χ0n) is 9.71. The highest BCUT2D eigenvalue weighted by molar-refractivity contribution is 7.91. The van der Waals surface area contributed by atoms with Gasteiger partial charge in [0, 0.05) is 11.9 Å².